The predicted molar refractivity (Wildman–Crippen MR) is 102 cm³/mol. The maximum Gasteiger partial charge on any atom is 0.433 e. The molecule has 0 aromatic carbocycles. The molecule has 0 saturated carbocycles. The lowest BCUT2D eigenvalue weighted by Gasteiger charge is -2.49. The highest BCUT2D eigenvalue weighted by atomic mass is 32.1. The van der Waals surface area contributed by atoms with Gasteiger partial charge in [0.15, 0.2) is 5.01 Å². The SMILES string of the molecule is FC(F)(F)c1cc(N2CC3(CCN(c4nccc(-c5nncs5)n4)C3)C2)ccn1. The summed E-state index contributed by atoms with van der Waals surface area (Å²) in [5, 5.41) is 8.64. The van der Waals surface area contributed by atoms with Crippen LogP contribution in [0.15, 0.2) is 36.1 Å². The van der Waals surface area contributed by atoms with Crippen molar-refractivity contribution in [2.75, 3.05) is 36.0 Å². The summed E-state index contributed by atoms with van der Waals surface area (Å²) >= 11 is 1.42. The Morgan fingerprint density at radius 2 is 1.83 bits per heavy atom. The van der Waals surface area contributed by atoms with Gasteiger partial charge in [-0.1, -0.05) is 11.3 Å². The van der Waals surface area contributed by atoms with Crippen molar-refractivity contribution in [3.8, 4) is 10.7 Å². The molecule has 3 aromatic rings. The van der Waals surface area contributed by atoms with E-state index in [4.69, 9.17) is 0 Å². The fourth-order valence-electron chi connectivity index (χ4n) is 3.99. The number of alkyl halides is 3. The first-order chi connectivity index (χ1) is 13.9. The van der Waals surface area contributed by atoms with Gasteiger partial charge in [-0.15, -0.1) is 10.2 Å². The molecule has 2 saturated heterocycles. The monoisotopic (exact) mass is 419 g/mol. The number of nitrogens with zero attached hydrogens (tertiary/aromatic N) is 7. The van der Waals surface area contributed by atoms with E-state index in [2.05, 4.69) is 30.0 Å². The van der Waals surface area contributed by atoms with Crippen molar-refractivity contribution >= 4 is 23.0 Å². The molecule has 0 atom stereocenters. The van der Waals surface area contributed by atoms with Crippen LogP contribution in [0.2, 0.25) is 0 Å². The van der Waals surface area contributed by atoms with E-state index in [1.54, 1.807) is 17.8 Å². The van der Waals surface area contributed by atoms with E-state index in [0.29, 0.717) is 24.7 Å². The lowest BCUT2D eigenvalue weighted by molar-refractivity contribution is -0.141. The van der Waals surface area contributed by atoms with Gasteiger partial charge in [-0.2, -0.15) is 13.2 Å². The summed E-state index contributed by atoms with van der Waals surface area (Å²) in [5.74, 6) is 0.649. The zero-order valence-corrected chi connectivity index (χ0v) is 16.0. The Labute approximate surface area is 168 Å². The molecule has 11 heteroatoms. The summed E-state index contributed by atoms with van der Waals surface area (Å²) in [5.41, 5.74) is 2.15. The van der Waals surface area contributed by atoms with Crippen LogP contribution in [-0.4, -0.2) is 51.3 Å². The molecule has 5 rings (SSSR count). The topological polar surface area (TPSA) is 70.9 Å². The van der Waals surface area contributed by atoms with Crippen molar-refractivity contribution in [1.82, 2.24) is 25.1 Å². The zero-order valence-electron chi connectivity index (χ0n) is 15.2. The summed E-state index contributed by atoms with van der Waals surface area (Å²) in [4.78, 5) is 16.6. The Morgan fingerprint density at radius 1 is 1.03 bits per heavy atom. The minimum absolute atomic E-state index is 0.0454. The Balaban J connectivity index is 1.28. The molecule has 0 aliphatic carbocycles. The van der Waals surface area contributed by atoms with E-state index < -0.39 is 11.9 Å². The highest BCUT2D eigenvalue weighted by Crippen LogP contribution is 2.43. The van der Waals surface area contributed by atoms with Crippen molar-refractivity contribution < 1.29 is 13.2 Å². The first-order valence-electron chi connectivity index (χ1n) is 9.05. The van der Waals surface area contributed by atoms with Gasteiger partial charge in [-0.25, -0.2) is 9.97 Å². The van der Waals surface area contributed by atoms with E-state index in [1.165, 1.54) is 17.5 Å². The van der Waals surface area contributed by atoms with Crippen molar-refractivity contribution in [2.24, 2.45) is 5.41 Å². The molecule has 0 unspecified atom stereocenters. The Morgan fingerprint density at radius 3 is 2.59 bits per heavy atom. The van der Waals surface area contributed by atoms with Crippen molar-refractivity contribution in [2.45, 2.75) is 12.6 Å². The maximum atomic E-state index is 12.9. The van der Waals surface area contributed by atoms with E-state index in [9.17, 15) is 13.2 Å². The smallest absolute Gasteiger partial charge is 0.370 e. The fourth-order valence-corrected chi connectivity index (χ4v) is 4.51. The van der Waals surface area contributed by atoms with Crippen LogP contribution in [0.4, 0.5) is 24.8 Å². The maximum absolute atomic E-state index is 12.9. The van der Waals surface area contributed by atoms with Gasteiger partial charge in [-0.05, 0) is 24.6 Å². The number of aromatic nitrogens is 5. The Kier molecular flexibility index (Phi) is 4.16. The third-order valence-corrected chi connectivity index (χ3v) is 6.11. The van der Waals surface area contributed by atoms with Crippen LogP contribution in [0.5, 0.6) is 0 Å². The number of halogens is 3. The van der Waals surface area contributed by atoms with Crippen LogP contribution < -0.4 is 9.80 Å². The standard InChI is InChI=1S/C18H16F3N7S/c19-18(20,21)14-7-12(1-4-22-14)28-9-17(10-28)3-6-27(8-17)16-23-5-2-13(25-16)15-26-24-11-29-15/h1-2,4-5,7,11H,3,6,8-10H2. The first-order valence-corrected chi connectivity index (χ1v) is 9.93. The highest BCUT2D eigenvalue weighted by molar-refractivity contribution is 7.12. The van der Waals surface area contributed by atoms with Gasteiger partial charge in [0.25, 0.3) is 0 Å². The molecule has 7 nitrogen and oxygen atoms in total. The van der Waals surface area contributed by atoms with Gasteiger partial charge in [0, 0.05) is 49.7 Å². The number of hydrogen-bond acceptors (Lipinski definition) is 8. The molecule has 3 aromatic heterocycles. The van der Waals surface area contributed by atoms with Crippen LogP contribution in [0.25, 0.3) is 10.7 Å². The van der Waals surface area contributed by atoms with E-state index in [0.717, 1.165) is 36.3 Å². The minimum atomic E-state index is -4.43. The third kappa shape index (κ3) is 3.39. The summed E-state index contributed by atoms with van der Waals surface area (Å²) in [7, 11) is 0. The molecule has 2 fully saturated rings. The lowest BCUT2D eigenvalue weighted by Crippen LogP contribution is -2.57. The average Bonchev–Trinajstić information content (AvgIpc) is 3.37. The third-order valence-electron chi connectivity index (χ3n) is 5.39. The predicted octanol–water partition coefficient (Wildman–Crippen LogP) is 3.13. The molecule has 2 aliphatic heterocycles. The van der Waals surface area contributed by atoms with Gasteiger partial charge >= 0.3 is 6.18 Å². The number of pyridine rings is 1. The van der Waals surface area contributed by atoms with E-state index in [-0.39, 0.29) is 5.41 Å². The quantitative estimate of drug-likeness (QED) is 0.646. The lowest BCUT2D eigenvalue weighted by atomic mass is 9.79. The van der Waals surface area contributed by atoms with E-state index >= 15 is 0 Å². The second kappa shape index (κ2) is 6.61. The average molecular weight is 419 g/mol. The minimum Gasteiger partial charge on any atom is -0.370 e. The normalized spacial score (nSPS) is 18.3. The van der Waals surface area contributed by atoms with Crippen LogP contribution >= 0.6 is 11.3 Å². The van der Waals surface area contributed by atoms with Gasteiger partial charge in [-0.3, -0.25) is 4.98 Å². The van der Waals surface area contributed by atoms with Crippen LogP contribution in [0.3, 0.4) is 0 Å². The van der Waals surface area contributed by atoms with Crippen molar-refractivity contribution in [3.05, 3.63) is 41.8 Å². The molecule has 2 aliphatic rings. The van der Waals surface area contributed by atoms with Gasteiger partial charge in [0.1, 0.15) is 16.9 Å². The number of anilines is 2. The summed E-state index contributed by atoms with van der Waals surface area (Å²) in [6.45, 7) is 3.01. The van der Waals surface area contributed by atoms with Crippen LogP contribution in [0.1, 0.15) is 12.1 Å². The number of rotatable bonds is 3. The summed E-state index contributed by atoms with van der Waals surface area (Å²) < 4.78 is 38.7. The molecular weight excluding hydrogens is 403 g/mol. The Hall–Kier alpha value is -2.82. The summed E-state index contributed by atoms with van der Waals surface area (Å²) in [6, 6.07) is 4.56. The van der Waals surface area contributed by atoms with Crippen LogP contribution in [-0.2, 0) is 6.18 Å². The molecule has 0 N–H and O–H groups in total. The summed E-state index contributed by atoms with van der Waals surface area (Å²) in [6.07, 6.45) is -0.547. The molecule has 0 amide bonds. The molecule has 0 bridgehead atoms. The van der Waals surface area contributed by atoms with Gasteiger partial charge < -0.3 is 9.80 Å². The molecule has 0 radical (unpaired) electrons. The van der Waals surface area contributed by atoms with E-state index in [1.807, 2.05) is 11.0 Å². The number of hydrogen-bond donors (Lipinski definition) is 0. The van der Waals surface area contributed by atoms with Gasteiger partial charge in [0.05, 0.1) is 0 Å². The van der Waals surface area contributed by atoms with Gasteiger partial charge in [0.2, 0.25) is 5.95 Å². The molecule has 150 valence electrons. The van der Waals surface area contributed by atoms with Crippen molar-refractivity contribution in [3.63, 3.8) is 0 Å². The second-order valence-electron chi connectivity index (χ2n) is 7.41. The molecule has 1 spiro atoms. The zero-order chi connectivity index (χ0) is 20.1. The molecular formula is C18H16F3N7S. The second-order valence-corrected chi connectivity index (χ2v) is 8.24. The molecule has 29 heavy (non-hydrogen) atoms. The largest absolute Gasteiger partial charge is 0.433 e. The Bertz CT molecular complexity index is 1020. The van der Waals surface area contributed by atoms with Crippen LogP contribution in [0, 0.1) is 5.41 Å². The highest BCUT2D eigenvalue weighted by Gasteiger charge is 2.48. The fraction of sp³-hybridized carbons (Fsp3) is 0.389. The van der Waals surface area contributed by atoms with Crippen molar-refractivity contribution in [1.29, 1.82) is 0 Å². The first kappa shape index (κ1) is 18.2. The molecule has 5 heterocycles.